The second-order valence-electron chi connectivity index (χ2n) is 3.42. The van der Waals surface area contributed by atoms with Crippen molar-refractivity contribution >= 4 is 22.8 Å². The number of hydrogen-bond donors (Lipinski definition) is 2. The van der Waals surface area contributed by atoms with Crippen LogP contribution in [0.3, 0.4) is 0 Å². The Labute approximate surface area is 98.6 Å². The number of fused-ring (bicyclic) bond motifs is 1. The molecular weight excluding hydrogens is 222 g/mol. The summed E-state index contributed by atoms with van der Waals surface area (Å²) in [4.78, 5) is 7.73. The zero-order valence-corrected chi connectivity index (χ0v) is 10.0. The average molecular weight is 237 g/mol. The van der Waals surface area contributed by atoms with Crippen LogP contribution in [0.1, 0.15) is 6.42 Å². The highest BCUT2D eigenvalue weighted by atomic mass is 32.2. The number of imidazole rings is 1. The summed E-state index contributed by atoms with van der Waals surface area (Å²) in [5.74, 6) is 1.84. The third-order valence-electron chi connectivity index (χ3n) is 2.25. The van der Waals surface area contributed by atoms with E-state index in [2.05, 4.69) is 9.97 Å². The monoisotopic (exact) mass is 237 g/mol. The van der Waals surface area contributed by atoms with Gasteiger partial charge in [0.05, 0.1) is 18.1 Å². The Morgan fingerprint density at radius 3 is 3.12 bits per heavy atom. The van der Waals surface area contributed by atoms with Crippen LogP contribution in [0, 0.1) is 0 Å². The first kappa shape index (κ1) is 11.3. The number of aromatic amines is 1. The molecule has 1 aromatic carbocycles. The lowest BCUT2D eigenvalue weighted by Crippen LogP contribution is -1.99. The molecule has 4 nitrogen and oxygen atoms in total. The van der Waals surface area contributed by atoms with Gasteiger partial charge in [-0.2, -0.15) is 0 Å². The van der Waals surface area contributed by atoms with E-state index in [1.807, 2.05) is 18.2 Å². The molecule has 0 fully saturated rings. The lowest BCUT2D eigenvalue weighted by molar-refractivity contribution is 0.415. The van der Waals surface area contributed by atoms with E-state index in [4.69, 9.17) is 10.5 Å². The predicted molar refractivity (Wildman–Crippen MR) is 67.0 cm³/mol. The Morgan fingerprint density at radius 2 is 2.38 bits per heavy atom. The zero-order chi connectivity index (χ0) is 11.4. The highest BCUT2D eigenvalue weighted by Gasteiger charge is 2.03. The van der Waals surface area contributed by atoms with Crippen LogP contribution in [0.25, 0.3) is 11.0 Å². The molecule has 2 rings (SSSR count). The number of H-pyrrole nitrogens is 1. The van der Waals surface area contributed by atoms with Gasteiger partial charge in [0.1, 0.15) is 5.75 Å². The summed E-state index contributed by atoms with van der Waals surface area (Å²) >= 11 is 1.70. The summed E-state index contributed by atoms with van der Waals surface area (Å²) in [6.45, 7) is 0.723. The molecule has 3 N–H and O–H groups in total. The van der Waals surface area contributed by atoms with E-state index in [1.54, 1.807) is 18.9 Å². The zero-order valence-electron chi connectivity index (χ0n) is 9.19. The van der Waals surface area contributed by atoms with Crippen molar-refractivity contribution in [3.8, 4) is 5.75 Å². The fourth-order valence-electron chi connectivity index (χ4n) is 1.41. The second kappa shape index (κ2) is 5.23. The lowest BCUT2D eigenvalue weighted by Gasteiger charge is -1.96. The van der Waals surface area contributed by atoms with Gasteiger partial charge in [0.25, 0.3) is 0 Å². The first-order valence-corrected chi connectivity index (χ1v) is 6.18. The van der Waals surface area contributed by atoms with Gasteiger partial charge in [-0.25, -0.2) is 4.98 Å². The van der Waals surface area contributed by atoms with Crippen molar-refractivity contribution in [3.05, 3.63) is 18.2 Å². The van der Waals surface area contributed by atoms with E-state index in [-0.39, 0.29) is 0 Å². The summed E-state index contributed by atoms with van der Waals surface area (Å²) in [6, 6.07) is 5.82. The molecule has 0 aliphatic heterocycles. The minimum Gasteiger partial charge on any atom is -0.497 e. The highest BCUT2D eigenvalue weighted by molar-refractivity contribution is 7.99. The minimum atomic E-state index is 0.723. The molecule has 0 bridgehead atoms. The summed E-state index contributed by atoms with van der Waals surface area (Å²) in [7, 11) is 1.66. The van der Waals surface area contributed by atoms with E-state index in [0.29, 0.717) is 0 Å². The SMILES string of the molecule is COc1ccc2nc(SCCCN)[nH]c2c1. The van der Waals surface area contributed by atoms with Crippen molar-refractivity contribution in [2.75, 3.05) is 19.4 Å². The normalized spacial score (nSPS) is 10.9. The lowest BCUT2D eigenvalue weighted by atomic mass is 10.3. The standard InChI is InChI=1S/C11H15N3OS/c1-15-8-3-4-9-10(7-8)14-11(13-9)16-6-2-5-12/h3-4,7H,2,5-6,12H2,1H3,(H,13,14). The Morgan fingerprint density at radius 1 is 1.50 bits per heavy atom. The molecule has 0 aliphatic rings. The summed E-state index contributed by atoms with van der Waals surface area (Å²) < 4.78 is 5.16. The van der Waals surface area contributed by atoms with Crippen LogP contribution in [0.15, 0.2) is 23.4 Å². The number of nitrogens with zero attached hydrogens (tertiary/aromatic N) is 1. The molecule has 0 atom stereocenters. The van der Waals surface area contributed by atoms with Gasteiger partial charge in [0, 0.05) is 11.8 Å². The molecule has 16 heavy (non-hydrogen) atoms. The van der Waals surface area contributed by atoms with Crippen LogP contribution in [0.5, 0.6) is 5.75 Å². The summed E-state index contributed by atoms with van der Waals surface area (Å²) in [5, 5.41) is 0.941. The fraction of sp³-hybridized carbons (Fsp3) is 0.364. The van der Waals surface area contributed by atoms with Gasteiger partial charge in [-0.3, -0.25) is 0 Å². The molecule has 0 spiro atoms. The van der Waals surface area contributed by atoms with Gasteiger partial charge in [-0.1, -0.05) is 11.8 Å². The van der Waals surface area contributed by atoms with Gasteiger partial charge in [-0.15, -0.1) is 0 Å². The molecule has 1 aromatic heterocycles. The molecule has 2 aromatic rings. The third-order valence-corrected chi connectivity index (χ3v) is 3.21. The van der Waals surface area contributed by atoms with Crippen LogP contribution < -0.4 is 10.5 Å². The maximum absolute atomic E-state index is 5.45. The van der Waals surface area contributed by atoms with Crippen molar-refractivity contribution < 1.29 is 4.74 Å². The number of benzene rings is 1. The predicted octanol–water partition coefficient (Wildman–Crippen LogP) is 2.01. The number of hydrogen-bond acceptors (Lipinski definition) is 4. The second-order valence-corrected chi connectivity index (χ2v) is 4.50. The van der Waals surface area contributed by atoms with Crippen LogP contribution >= 0.6 is 11.8 Å². The molecular formula is C11H15N3OS. The Balaban J connectivity index is 2.16. The van der Waals surface area contributed by atoms with E-state index < -0.39 is 0 Å². The quantitative estimate of drug-likeness (QED) is 0.617. The largest absolute Gasteiger partial charge is 0.497 e. The van der Waals surface area contributed by atoms with E-state index >= 15 is 0 Å². The number of nitrogens with one attached hydrogen (secondary N) is 1. The fourth-order valence-corrected chi connectivity index (χ4v) is 2.26. The van der Waals surface area contributed by atoms with E-state index in [1.165, 1.54) is 0 Å². The van der Waals surface area contributed by atoms with E-state index in [0.717, 1.165) is 40.7 Å². The maximum atomic E-state index is 5.45. The molecule has 0 saturated carbocycles. The Kier molecular flexibility index (Phi) is 3.69. The van der Waals surface area contributed by atoms with Crippen LogP contribution in [-0.2, 0) is 0 Å². The Hall–Kier alpha value is -1.20. The van der Waals surface area contributed by atoms with Crippen molar-refractivity contribution in [1.29, 1.82) is 0 Å². The van der Waals surface area contributed by atoms with Gasteiger partial charge in [0.15, 0.2) is 5.16 Å². The number of methoxy groups -OCH3 is 1. The maximum Gasteiger partial charge on any atom is 0.166 e. The highest BCUT2D eigenvalue weighted by Crippen LogP contribution is 2.23. The molecule has 5 heteroatoms. The van der Waals surface area contributed by atoms with Crippen molar-refractivity contribution in [2.45, 2.75) is 11.6 Å². The third kappa shape index (κ3) is 2.48. The number of rotatable bonds is 5. The number of nitrogens with two attached hydrogens (primary N) is 1. The first-order chi connectivity index (χ1) is 7.83. The van der Waals surface area contributed by atoms with E-state index in [9.17, 15) is 0 Å². The average Bonchev–Trinajstić information content (AvgIpc) is 2.70. The minimum absolute atomic E-state index is 0.723. The van der Waals surface area contributed by atoms with Crippen molar-refractivity contribution in [1.82, 2.24) is 9.97 Å². The van der Waals surface area contributed by atoms with Gasteiger partial charge in [0.2, 0.25) is 0 Å². The molecule has 0 saturated heterocycles. The summed E-state index contributed by atoms with van der Waals surface area (Å²) in [5.41, 5.74) is 7.42. The van der Waals surface area contributed by atoms with Crippen LogP contribution in [0.4, 0.5) is 0 Å². The molecule has 0 radical (unpaired) electrons. The molecule has 86 valence electrons. The van der Waals surface area contributed by atoms with Gasteiger partial charge in [-0.05, 0) is 25.1 Å². The molecule has 0 aliphatic carbocycles. The van der Waals surface area contributed by atoms with Crippen LogP contribution in [0.2, 0.25) is 0 Å². The molecule has 0 unspecified atom stereocenters. The Bertz CT molecular complexity index is 469. The molecule has 1 heterocycles. The van der Waals surface area contributed by atoms with Crippen molar-refractivity contribution in [3.63, 3.8) is 0 Å². The topological polar surface area (TPSA) is 63.9 Å². The van der Waals surface area contributed by atoms with Crippen molar-refractivity contribution in [2.24, 2.45) is 5.73 Å². The van der Waals surface area contributed by atoms with Crippen LogP contribution in [-0.4, -0.2) is 29.4 Å². The van der Waals surface area contributed by atoms with Gasteiger partial charge >= 0.3 is 0 Å². The summed E-state index contributed by atoms with van der Waals surface area (Å²) in [6.07, 6.45) is 1.00. The number of thioether (sulfide) groups is 1. The first-order valence-electron chi connectivity index (χ1n) is 5.20. The molecule has 0 amide bonds. The number of aromatic nitrogens is 2. The number of ether oxygens (including phenoxy) is 1. The van der Waals surface area contributed by atoms with Gasteiger partial charge < -0.3 is 15.5 Å². The smallest absolute Gasteiger partial charge is 0.166 e.